The summed E-state index contributed by atoms with van der Waals surface area (Å²) < 4.78 is 0. The number of benzene rings is 1. The number of hydrogen-bond acceptors (Lipinski definition) is 4. The van der Waals surface area contributed by atoms with E-state index in [2.05, 4.69) is 13.8 Å². The molecule has 4 rings (SSSR count). The van der Waals surface area contributed by atoms with E-state index in [0.29, 0.717) is 18.9 Å². The molecule has 2 aliphatic heterocycles. The van der Waals surface area contributed by atoms with Gasteiger partial charge < -0.3 is 4.90 Å². The average Bonchev–Trinajstić information content (AvgIpc) is 2.80. The van der Waals surface area contributed by atoms with E-state index in [1.54, 1.807) is 0 Å². The number of carbonyl (C=O) groups is 2. The summed E-state index contributed by atoms with van der Waals surface area (Å²) in [5.74, 6) is 2.45. The lowest BCUT2D eigenvalue weighted by Gasteiger charge is -2.34. The first-order chi connectivity index (χ1) is 15.3. The van der Waals surface area contributed by atoms with Gasteiger partial charge in [-0.15, -0.1) is 0 Å². The SMILES string of the molecule is Cc1nc(C2CCN(C(=O)C(C)c3ccccc3)CC2)nc2c1CCC(=O)N2CC(C)C. The topological polar surface area (TPSA) is 66.4 Å². The van der Waals surface area contributed by atoms with Gasteiger partial charge in [-0.1, -0.05) is 44.2 Å². The highest BCUT2D eigenvalue weighted by atomic mass is 16.2. The first kappa shape index (κ1) is 22.4. The van der Waals surface area contributed by atoms with Crippen molar-refractivity contribution in [3.8, 4) is 0 Å². The van der Waals surface area contributed by atoms with Gasteiger partial charge in [0.2, 0.25) is 11.8 Å². The molecule has 3 heterocycles. The molecule has 0 saturated carbocycles. The van der Waals surface area contributed by atoms with E-state index in [4.69, 9.17) is 9.97 Å². The van der Waals surface area contributed by atoms with Crippen LogP contribution in [0.2, 0.25) is 0 Å². The molecule has 1 unspecified atom stereocenters. The van der Waals surface area contributed by atoms with Gasteiger partial charge in [0.05, 0.1) is 5.92 Å². The van der Waals surface area contributed by atoms with Crippen LogP contribution in [0.1, 0.15) is 74.5 Å². The predicted molar refractivity (Wildman–Crippen MR) is 126 cm³/mol. The third-order valence-corrected chi connectivity index (χ3v) is 6.74. The number of nitrogens with zero attached hydrogens (tertiary/aromatic N) is 4. The zero-order valence-corrected chi connectivity index (χ0v) is 19.7. The van der Waals surface area contributed by atoms with Gasteiger partial charge in [-0.2, -0.15) is 0 Å². The Morgan fingerprint density at radius 3 is 2.41 bits per heavy atom. The van der Waals surface area contributed by atoms with Crippen LogP contribution in [0.4, 0.5) is 5.82 Å². The minimum absolute atomic E-state index is 0.134. The maximum atomic E-state index is 13.0. The van der Waals surface area contributed by atoms with E-state index < -0.39 is 0 Å². The van der Waals surface area contributed by atoms with Gasteiger partial charge in [-0.3, -0.25) is 14.5 Å². The van der Waals surface area contributed by atoms with Crippen molar-refractivity contribution in [3.63, 3.8) is 0 Å². The summed E-state index contributed by atoms with van der Waals surface area (Å²) in [5, 5.41) is 0. The lowest BCUT2D eigenvalue weighted by atomic mass is 9.93. The van der Waals surface area contributed by atoms with Crippen LogP contribution in [0.25, 0.3) is 0 Å². The Balaban J connectivity index is 1.48. The van der Waals surface area contributed by atoms with Crippen molar-refractivity contribution >= 4 is 17.6 Å². The molecule has 1 saturated heterocycles. The van der Waals surface area contributed by atoms with Gasteiger partial charge in [0.15, 0.2) is 0 Å². The summed E-state index contributed by atoms with van der Waals surface area (Å²) in [4.78, 5) is 39.2. The van der Waals surface area contributed by atoms with Crippen molar-refractivity contribution in [2.75, 3.05) is 24.5 Å². The fraction of sp³-hybridized carbons (Fsp3) is 0.538. The molecule has 0 radical (unpaired) electrons. The lowest BCUT2D eigenvalue weighted by molar-refractivity contribution is -0.133. The number of aromatic nitrogens is 2. The Bertz CT molecular complexity index is 981. The Morgan fingerprint density at radius 2 is 1.75 bits per heavy atom. The number of hydrogen-bond donors (Lipinski definition) is 0. The van der Waals surface area contributed by atoms with Gasteiger partial charge in [0.25, 0.3) is 0 Å². The van der Waals surface area contributed by atoms with Gasteiger partial charge in [0, 0.05) is 43.2 Å². The summed E-state index contributed by atoms with van der Waals surface area (Å²) >= 11 is 0. The molecule has 2 amide bonds. The van der Waals surface area contributed by atoms with Crippen LogP contribution in [-0.2, 0) is 16.0 Å². The van der Waals surface area contributed by atoms with E-state index in [1.165, 1.54) is 0 Å². The van der Waals surface area contributed by atoms with E-state index >= 15 is 0 Å². The second-order valence-corrected chi connectivity index (χ2v) is 9.60. The van der Waals surface area contributed by atoms with Crippen LogP contribution < -0.4 is 4.90 Å². The predicted octanol–water partition coefficient (Wildman–Crippen LogP) is 4.23. The molecular weight excluding hydrogens is 400 g/mol. The van der Waals surface area contributed by atoms with Crippen LogP contribution >= 0.6 is 0 Å². The minimum atomic E-state index is -0.134. The second-order valence-electron chi connectivity index (χ2n) is 9.60. The third-order valence-electron chi connectivity index (χ3n) is 6.74. The number of piperidine rings is 1. The lowest BCUT2D eigenvalue weighted by Crippen LogP contribution is -2.41. The number of anilines is 1. The second kappa shape index (κ2) is 9.39. The third kappa shape index (κ3) is 4.54. The molecule has 1 aromatic carbocycles. The van der Waals surface area contributed by atoms with Crippen molar-refractivity contribution in [2.45, 2.75) is 65.2 Å². The number of carbonyl (C=O) groups excluding carboxylic acids is 2. The standard InChI is InChI=1S/C26H34N4O2/c1-17(2)16-30-23(31)11-10-22-19(4)27-24(28-25(22)30)21-12-14-29(15-13-21)26(32)18(3)20-8-6-5-7-9-20/h5-9,17-18,21H,10-16H2,1-4H3. The van der Waals surface area contributed by atoms with Crippen LogP contribution in [0.3, 0.4) is 0 Å². The molecule has 1 atom stereocenters. The van der Waals surface area contributed by atoms with Crippen LogP contribution in [0, 0.1) is 12.8 Å². The summed E-state index contributed by atoms with van der Waals surface area (Å²) in [6, 6.07) is 9.97. The van der Waals surface area contributed by atoms with Crippen molar-refractivity contribution in [1.82, 2.24) is 14.9 Å². The van der Waals surface area contributed by atoms with Gasteiger partial charge in [0.1, 0.15) is 11.6 Å². The maximum Gasteiger partial charge on any atom is 0.229 e. The molecular formula is C26H34N4O2. The van der Waals surface area contributed by atoms with Gasteiger partial charge in [-0.05, 0) is 44.6 Å². The normalized spacial score (nSPS) is 18.1. The van der Waals surface area contributed by atoms with Crippen LogP contribution in [-0.4, -0.2) is 46.3 Å². The summed E-state index contributed by atoms with van der Waals surface area (Å²) in [5.41, 5.74) is 3.16. The molecule has 1 fully saturated rings. The van der Waals surface area contributed by atoms with Crippen LogP contribution in [0.15, 0.2) is 30.3 Å². The number of rotatable bonds is 5. The molecule has 0 bridgehead atoms. The highest BCUT2D eigenvalue weighted by Gasteiger charge is 2.32. The molecule has 0 spiro atoms. The number of fused-ring (bicyclic) bond motifs is 1. The largest absolute Gasteiger partial charge is 0.342 e. The molecule has 0 N–H and O–H groups in total. The zero-order chi connectivity index (χ0) is 22.8. The smallest absolute Gasteiger partial charge is 0.229 e. The molecule has 32 heavy (non-hydrogen) atoms. The Labute approximate surface area is 191 Å². The maximum absolute atomic E-state index is 13.0. The molecule has 170 valence electrons. The molecule has 2 aliphatic rings. The van der Waals surface area contributed by atoms with E-state index in [-0.39, 0.29) is 23.7 Å². The summed E-state index contributed by atoms with van der Waals surface area (Å²) in [7, 11) is 0. The average molecular weight is 435 g/mol. The number of aryl methyl sites for hydroxylation is 1. The Hall–Kier alpha value is -2.76. The molecule has 6 nitrogen and oxygen atoms in total. The zero-order valence-electron chi connectivity index (χ0n) is 19.7. The molecule has 2 aromatic rings. The number of amides is 2. The van der Waals surface area contributed by atoms with Crippen molar-refractivity contribution in [1.29, 1.82) is 0 Å². The molecule has 6 heteroatoms. The quantitative estimate of drug-likeness (QED) is 0.706. The summed E-state index contributed by atoms with van der Waals surface area (Å²) in [6.45, 7) is 10.4. The minimum Gasteiger partial charge on any atom is -0.342 e. The first-order valence-electron chi connectivity index (χ1n) is 11.9. The van der Waals surface area contributed by atoms with E-state index in [1.807, 2.05) is 54.0 Å². The summed E-state index contributed by atoms with van der Waals surface area (Å²) in [6.07, 6.45) is 2.95. The van der Waals surface area contributed by atoms with Crippen molar-refractivity contribution in [3.05, 3.63) is 53.0 Å². The first-order valence-corrected chi connectivity index (χ1v) is 11.9. The Morgan fingerprint density at radius 1 is 1.06 bits per heavy atom. The molecule has 0 aliphatic carbocycles. The monoisotopic (exact) mass is 434 g/mol. The fourth-order valence-electron chi connectivity index (χ4n) is 4.86. The van der Waals surface area contributed by atoms with Crippen molar-refractivity contribution < 1.29 is 9.59 Å². The number of likely N-dealkylation sites (tertiary alicyclic amines) is 1. The van der Waals surface area contributed by atoms with Crippen LogP contribution in [0.5, 0.6) is 0 Å². The van der Waals surface area contributed by atoms with Crippen molar-refractivity contribution in [2.24, 2.45) is 5.92 Å². The molecule has 1 aromatic heterocycles. The highest BCUT2D eigenvalue weighted by Crippen LogP contribution is 2.33. The van der Waals surface area contributed by atoms with E-state index in [9.17, 15) is 9.59 Å². The van der Waals surface area contributed by atoms with Gasteiger partial charge in [-0.25, -0.2) is 9.97 Å². The highest BCUT2D eigenvalue weighted by molar-refractivity contribution is 5.95. The van der Waals surface area contributed by atoms with Gasteiger partial charge >= 0.3 is 0 Å². The van der Waals surface area contributed by atoms with E-state index in [0.717, 1.165) is 60.8 Å². The fourth-order valence-corrected chi connectivity index (χ4v) is 4.86. The Kier molecular flexibility index (Phi) is 6.58.